The smallest absolute Gasteiger partial charge is 0.258 e. The highest BCUT2D eigenvalue weighted by Gasteiger charge is 2.27. The lowest BCUT2D eigenvalue weighted by molar-refractivity contribution is 0.0841. The average molecular weight is 552 g/mol. The van der Waals surface area contributed by atoms with Crippen LogP contribution in [0.4, 0.5) is 0 Å². The number of hydrogen-bond donors (Lipinski definition) is 0. The standard InChI is InChI=1S/C21H16BrClN4O5S/c1-31-11-16(28)18-17(22)19(27(25-18)15-9-4-3-8-14(15)23)20-24-21(32-26-20)12-6-5-7-13(10-12)33(2,29)30/h3-10H,11H2,1-2H3. The van der Waals surface area contributed by atoms with Gasteiger partial charge in [0.05, 0.1) is 20.1 Å². The Morgan fingerprint density at radius 3 is 2.67 bits per heavy atom. The fourth-order valence-corrected chi connectivity index (χ4v) is 4.59. The fourth-order valence-electron chi connectivity index (χ4n) is 3.06. The van der Waals surface area contributed by atoms with Crippen molar-refractivity contribution in [2.45, 2.75) is 4.90 Å². The first-order valence-corrected chi connectivity index (χ1v) is 12.5. The van der Waals surface area contributed by atoms with Crippen LogP contribution in [0, 0.1) is 0 Å². The van der Waals surface area contributed by atoms with Crippen molar-refractivity contribution in [2.24, 2.45) is 0 Å². The summed E-state index contributed by atoms with van der Waals surface area (Å²) in [6.07, 6.45) is 1.11. The molecule has 0 amide bonds. The Hall–Kier alpha value is -2.86. The van der Waals surface area contributed by atoms with E-state index in [1.54, 1.807) is 36.4 Å². The van der Waals surface area contributed by atoms with Gasteiger partial charge in [-0.05, 0) is 46.3 Å². The molecule has 0 fully saturated rings. The summed E-state index contributed by atoms with van der Waals surface area (Å²) in [6, 6.07) is 13.1. The number of sulfone groups is 1. The quantitative estimate of drug-likeness (QED) is 0.313. The number of halogens is 2. The summed E-state index contributed by atoms with van der Waals surface area (Å²) in [6.45, 7) is -0.173. The highest BCUT2D eigenvalue weighted by atomic mass is 79.9. The molecule has 0 radical (unpaired) electrons. The number of methoxy groups -OCH3 is 1. The zero-order valence-corrected chi connectivity index (χ0v) is 20.5. The second-order valence-electron chi connectivity index (χ2n) is 6.95. The molecule has 12 heteroatoms. The van der Waals surface area contributed by atoms with E-state index < -0.39 is 9.84 Å². The van der Waals surface area contributed by atoms with E-state index in [0.29, 0.717) is 26.4 Å². The van der Waals surface area contributed by atoms with Gasteiger partial charge in [-0.3, -0.25) is 4.79 Å². The maximum absolute atomic E-state index is 12.6. The SMILES string of the molecule is COCC(=O)c1nn(-c2ccccc2Cl)c(-c2noc(-c3cccc(S(C)(=O)=O)c3)n2)c1Br. The fraction of sp³-hybridized carbons (Fsp3) is 0.143. The van der Waals surface area contributed by atoms with E-state index >= 15 is 0 Å². The lowest BCUT2D eigenvalue weighted by atomic mass is 10.2. The maximum atomic E-state index is 12.6. The molecule has 2 aromatic heterocycles. The van der Waals surface area contributed by atoms with Gasteiger partial charge in [0.2, 0.25) is 11.6 Å². The van der Waals surface area contributed by atoms with Crippen molar-refractivity contribution in [1.29, 1.82) is 0 Å². The Labute approximate surface area is 202 Å². The highest BCUT2D eigenvalue weighted by Crippen LogP contribution is 2.35. The van der Waals surface area contributed by atoms with Crippen molar-refractivity contribution >= 4 is 43.2 Å². The van der Waals surface area contributed by atoms with Crippen LogP contribution in [-0.4, -0.2) is 54.1 Å². The molecular weight excluding hydrogens is 536 g/mol. The normalized spacial score (nSPS) is 11.6. The van der Waals surface area contributed by atoms with Gasteiger partial charge in [0.1, 0.15) is 18.0 Å². The molecule has 0 N–H and O–H groups in total. The first kappa shape index (κ1) is 23.3. The molecule has 0 atom stereocenters. The zero-order chi connectivity index (χ0) is 23.8. The second-order valence-corrected chi connectivity index (χ2v) is 10.2. The summed E-state index contributed by atoms with van der Waals surface area (Å²) in [4.78, 5) is 17.1. The van der Waals surface area contributed by atoms with Crippen molar-refractivity contribution in [3.63, 3.8) is 0 Å². The monoisotopic (exact) mass is 550 g/mol. The summed E-state index contributed by atoms with van der Waals surface area (Å²) < 4.78 is 35.9. The van der Waals surface area contributed by atoms with Crippen LogP contribution in [0.15, 0.2) is 62.4 Å². The minimum atomic E-state index is -3.42. The number of ether oxygens (including phenoxy) is 1. The van der Waals surface area contributed by atoms with E-state index in [0.717, 1.165) is 6.26 Å². The molecule has 2 aromatic carbocycles. The third kappa shape index (κ3) is 4.62. The molecule has 0 aliphatic rings. The molecular formula is C21H16BrClN4O5S. The zero-order valence-electron chi connectivity index (χ0n) is 17.3. The van der Waals surface area contributed by atoms with Crippen molar-refractivity contribution in [3.05, 3.63) is 63.7 Å². The highest BCUT2D eigenvalue weighted by molar-refractivity contribution is 9.10. The first-order valence-electron chi connectivity index (χ1n) is 9.41. The lowest BCUT2D eigenvalue weighted by Crippen LogP contribution is -2.09. The molecule has 9 nitrogen and oxygen atoms in total. The van der Waals surface area contributed by atoms with Crippen LogP contribution in [-0.2, 0) is 14.6 Å². The van der Waals surface area contributed by atoms with Crippen molar-refractivity contribution < 1.29 is 22.5 Å². The number of ketones is 1. The van der Waals surface area contributed by atoms with Crippen LogP contribution in [0.2, 0.25) is 5.02 Å². The number of carbonyl (C=O) groups excluding carboxylic acids is 1. The number of hydrogen-bond acceptors (Lipinski definition) is 8. The van der Waals surface area contributed by atoms with Crippen molar-refractivity contribution in [2.75, 3.05) is 20.0 Å². The predicted molar refractivity (Wildman–Crippen MR) is 124 cm³/mol. The molecule has 2 heterocycles. The number of nitrogens with zero attached hydrogens (tertiary/aromatic N) is 4. The molecule has 4 rings (SSSR count). The Morgan fingerprint density at radius 2 is 1.97 bits per heavy atom. The Bertz CT molecular complexity index is 1470. The van der Waals surface area contributed by atoms with E-state index in [2.05, 4.69) is 31.2 Å². The van der Waals surface area contributed by atoms with Gasteiger partial charge < -0.3 is 9.26 Å². The second kappa shape index (κ2) is 9.18. The average Bonchev–Trinajstić information content (AvgIpc) is 3.38. The topological polar surface area (TPSA) is 117 Å². The molecule has 4 aromatic rings. The molecule has 0 aliphatic heterocycles. The van der Waals surface area contributed by atoms with Gasteiger partial charge in [-0.1, -0.05) is 35.0 Å². The van der Waals surface area contributed by atoms with Crippen LogP contribution < -0.4 is 0 Å². The molecule has 0 spiro atoms. The summed E-state index contributed by atoms with van der Waals surface area (Å²) >= 11 is 9.81. The molecule has 33 heavy (non-hydrogen) atoms. The van der Waals surface area contributed by atoms with Gasteiger partial charge in [0.25, 0.3) is 5.89 Å². The largest absolute Gasteiger partial charge is 0.376 e. The number of benzene rings is 2. The van der Waals surface area contributed by atoms with E-state index in [-0.39, 0.29) is 34.7 Å². The number of para-hydroxylation sites is 1. The van der Waals surface area contributed by atoms with Crippen LogP contribution in [0.3, 0.4) is 0 Å². The third-order valence-electron chi connectivity index (χ3n) is 4.59. The van der Waals surface area contributed by atoms with E-state index in [4.69, 9.17) is 20.9 Å². The Kier molecular flexibility index (Phi) is 6.48. The lowest BCUT2D eigenvalue weighted by Gasteiger charge is -2.06. The molecule has 0 saturated carbocycles. The van der Waals surface area contributed by atoms with Gasteiger partial charge in [-0.2, -0.15) is 10.1 Å². The van der Waals surface area contributed by atoms with Crippen molar-refractivity contribution in [3.8, 4) is 28.7 Å². The van der Waals surface area contributed by atoms with E-state index in [1.807, 2.05) is 0 Å². The minimum absolute atomic E-state index is 0.0964. The molecule has 0 aliphatic carbocycles. The van der Waals surface area contributed by atoms with Gasteiger partial charge in [0.15, 0.2) is 9.84 Å². The summed E-state index contributed by atoms with van der Waals surface area (Å²) in [7, 11) is -2.01. The molecule has 0 unspecified atom stereocenters. The maximum Gasteiger partial charge on any atom is 0.258 e. The third-order valence-corrected chi connectivity index (χ3v) is 6.78. The van der Waals surface area contributed by atoms with Gasteiger partial charge in [-0.15, -0.1) is 0 Å². The van der Waals surface area contributed by atoms with Crippen LogP contribution in [0.5, 0.6) is 0 Å². The van der Waals surface area contributed by atoms with Crippen LogP contribution in [0.25, 0.3) is 28.7 Å². The minimum Gasteiger partial charge on any atom is -0.376 e. The summed E-state index contributed by atoms with van der Waals surface area (Å²) in [5.74, 6) is -0.148. The summed E-state index contributed by atoms with van der Waals surface area (Å²) in [5.41, 5.74) is 1.36. The van der Waals surface area contributed by atoms with Crippen LogP contribution in [0.1, 0.15) is 10.5 Å². The number of Topliss-reactive ketones (excluding diaryl/α,β-unsaturated/α-hetero) is 1. The summed E-state index contributed by atoms with van der Waals surface area (Å²) in [5, 5.41) is 8.85. The first-order chi connectivity index (χ1) is 15.7. The predicted octanol–water partition coefficient (Wildman–Crippen LogP) is 4.24. The Morgan fingerprint density at radius 1 is 1.21 bits per heavy atom. The van der Waals surface area contributed by atoms with Crippen molar-refractivity contribution in [1.82, 2.24) is 19.9 Å². The van der Waals surface area contributed by atoms with E-state index in [9.17, 15) is 13.2 Å². The van der Waals surface area contributed by atoms with Crippen LogP contribution >= 0.6 is 27.5 Å². The number of rotatable bonds is 7. The molecule has 0 bridgehead atoms. The molecule has 0 saturated heterocycles. The Balaban J connectivity index is 1.87. The molecule has 170 valence electrons. The van der Waals surface area contributed by atoms with Gasteiger partial charge >= 0.3 is 0 Å². The van der Waals surface area contributed by atoms with Gasteiger partial charge in [0, 0.05) is 18.9 Å². The number of aromatic nitrogens is 4. The number of carbonyl (C=O) groups is 1. The van der Waals surface area contributed by atoms with E-state index in [1.165, 1.54) is 23.9 Å². The van der Waals surface area contributed by atoms with Gasteiger partial charge in [-0.25, -0.2) is 13.1 Å².